The molecule has 2 aromatic heterocycles. The zero-order chi connectivity index (χ0) is 22.3. The van der Waals surface area contributed by atoms with Gasteiger partial charge in [0.15, 0.2) is 0 Å². The molecule has 0 aliphatic rings. The first kappa shape index (κ1) is 22.1. The van der Waals surface area contributed by atoms with Gasteiger partial charge in [-0.2, -0.15) is 5.10 Å². The summed E-state index contributed by atoms with van der Waals surface area (Å²) >= 11 is 13.5. The van der Waals surface area contributed by atoms with Gasteiger partial charge in [-0.05, 0) is 47.9 Å². The summed E-state index contributed by atoms with van der Waals surface area (Å²) in [6.07, 6.45) is 4.99. The van der Waals surface area contributed by atoms with Crippen LogP contribution in [0.5, 0.6) is 5.75 Å². The Kier molecular flexibility index (Phi) is 7.27. The third-order valence-corrected chi connectivity index (χ3v) is 5.80. The van der Waals surface area contributed by atoms with Crippen LogP contribution in [0.25, 0.3) is 22.3 Å². The second-order valence-electron chi connectivity index (χ2n) is 6.61. The van der Waals surface area contributed by atoms with Gasteiger partial charge in [-0.15, -0.1) is 11.3 Å². The van der Waals surface area contributed by atoms with Crippen LogP contribution in [0.4, 0.5) is 0 Å². The van der Waals surface area contributed by atoms with Crippen LogP contribution in [-0.2, 0) is 9.53 Å². The molecule has 4 rings (SSSR count). The van der Waals surface area contributed by atoms with Gasteiger partial charge in [0.2, 0.25) is 0 Å². The molecule has 0 bridgehead atoms. The highest BCUT2D eigenvalue weighted by Crippen LogP contribution is 2.29. The molecule has 0 N–H and O–H groups in total. The highest BCUT2D eigenvalue weighted by atomic mass is 35.5. The van der Waals surface area contributed by atoms with Crippen molar-refractivity contribution in [3.8, 4) is 22.0 Å². The van der Waals surface area contributed by atoms with Crippen LogP contribution in [0.1, 0.15) is 5.56 Å². The average Bonchev–Trinajstić information content (AvgIpc) is 3.47. The van der Waals surface area contributed by atoms with E-state index in [1.54, 1.807) is 40.3 Å². The molecule has 5 nitrogen and oxygen atoms in total. The summed E-state index contributed by atoms with van der Waals surface area (Å²) in [5.74, 6) is 0.0111. The third-order valence-electron chi connectivity index (χ3n) is 4.40. The molecule has 32 heavy (non-hydrogen) atoms. The summed E-state index contributed by atoms with van der Waals surface area (Å²) < 4.78 is 12.5. The van der Waals surface area contributed by atoms with Crippen molar-refractivity contribution in [3.05, 3.63) is 93.9 Å². The number of hydrogen-bond acceptors (Lipinski definition) is 5. The molecule has 0 atom stereocenters. The van der Waals surface area contributed by atoms with E-state index in [2.05, 4.69) is 0 Å². The van der Waals surface area contributed by atoms with Crippen LogP contribution in [-0.4, -0.2) is 29.0 Å². The summed E-state index contributed by atoms with van der Waals surface area (Å²) in [5.41, 5.74) is 2.55. The topological polar surface area (TPSA) is 53.4 Å². The Hall–Kier alpha value is -3.06. The molecule has 0 radical (unpaired) electrons. The fourth-order valence-corrected chi connectivity index (χ4v) is 4.11. The molecule has 0 aliphatic carbocycles. The molecule has 0 unspecified atom stereocenters. The maximum atomic E-state index is 12.2. The molecule has 2 heterocycles. The Morgan fingerprint density at radius 3 is 2.66 bits per heavy atom. The van der Waals surface area contributed by atoms with E-state index >= 15 is 0 Å². The maximum Gasteiger partial charge on any atom is 0.330 e. The number of para-hydroxylation sites is 1. The lowest BCUT2D eigenvalue weighted by Gasteiger charge is -2.08. The van der Waals surface area contributed by atoms with Gasteiger partial charge in [0.25, 0.3) is 0 Å². The number of carbonyl (C=O) groups excluding carboxylic acids is 1. The molecule has 8 heteroatoms. The third kappa shape index (κ3) is 5.59. The number of halogens is 2. The Bertz CT molecular complexity index is 1220. The molecular weight excluding hydrogens is 467 g/mol. The SMILES string of the molecule is O=C(C=Cc1cn(-c2ccccc2)nc1-c1cccs1)OCCOc1ccc(Cl)cc1Cl. The second-order valence-corrected chi connectivity index (χ2v) is 8.41. The number of rotatable bonds is 8. The first-order valence-electron chi connectivity index (χ1n) is 9.72. The quantitative estimate of drug-likeness (QED) is 0.162. The van der Waals surface area contributed by atoms with Gasteiger partial charge in [0.05, 0.1) is 15.6 Å². The Morgan fingerprint density at radius 2 is 1.91 bits per heavy atom. The molecule has 0 saturated carbocycles. The first-order chi connectivity index (χ1) is 15.6. The number of carbonyl (C=O) groups is 1. The van der Waals surface area contributed by atoms with Gasteiger partial charge in [-0.3, -0.25) is 0 Å². The Morgan fingerprint density at radius 1 is 1.06 bits per heavy atom. The number of hydrogen-bond donors (Lipinski definition) is 0. The van der Waals surface area contributed by atoms with Crippen molar-refractivity contribution >= 4 is 46.6 Å². The minimum Gasteiger partial charge on any atom is -0.488 e. The van der Waals surface area contributed by atoms with E-state index in [1.807, 2.05) is 54.0 Å². The predicted octanol–water partition coefficient (Wildman–Crippen LogP) is 6.54. The van der Waals surface area contributed by atoms with Crippen LogP contribution in [0.15, 0.2) is 78.3 Å². The predicted molar refractivity (Wildman–Crippen MR) is 129 cm³/mol. The first-order valence-corrected chi connectivity index (χ1v) is 11.4. The Labute approximate surface area is 199 Å². The molecule has 0 spiro atoms. The van der Waals surface area contributed by atoms with E-state index < -0.39 is 5.97 Å². The smallest absolute Gasteiger partial charge is 0.330 e. The monoisotopic (exact) mass is 484 g/mol. The van der Waals surface area contributed by atoms with Crippen molar-refractivity contribution in [2.24, 2.45) is 0 Å². The molecule has 0 fully saturated rings. The molecule has 2 aromatic carbocycles. The van der Waals surface area contributed by atoms with E-state index in [9.17, 15) is 4.79 Å². The fourth-order valence-electron chi connectivity index (χ4n) is 2.92. The van der Waals surface area contributed by atoms with Gasteiger partial charge in [0, 0.05) is 22.9 Å². The van der Waals surface area contributed by atoms with Crippen molar-refractivity contribution in [2.75, 3.05) is 13.2 Å². The largest absolute Gasteiger partial charge is 0.488 e. The average molecular weight is 485 g/mol. The summed E-state index contributed by atoms with van der Waals surface area (Å²) in [5, 5.41) is 7.63. The van der Waals surface area contributed by atoms with Crippen LogP contribution in [0.2, 0.25) is 10.0 Å². The van der Waals surface area contributed by atoms with Crippen molar-refractivity contribution in [2.45, 2.75) is 0 Å². The van der Waals surface area contributed by atoms with Gasteiger partial charge >= 0.3 is 5.97 Å². The van der Waals surface area contributed by atoms with Crippen molar-refractivity contribution in [1.82, 2.24) is 9.78 Å². The van der Waals surface area contributed by atoms with E-state index in [4.69, 9.17) is 37.8 Å². The van der Waals surface area contributed by atoms with Gasteiger partial charge in [-0.25, -0.2) is 9.48 Å². The van der Waals surface area contributed by atoms with Crippen LogP contribution in [0, 0.1) is 0 Å². The van der Waals surface area contributed by atoms with E-state index in [1.165, 1.54) is 6.08 Å². The summed E-state index contributed by atoms with van der Waals surface area (Å²) in [7, 11) is 0. The molecule has 0 amide bonds. The Balaban J connectivity index is 1.39. The zero-order valence-corrected chi connectivity index (χ0v) is 19.1. The van der Waals surface area contributed by atoms with Crippen LogP contribution < -0.4 is 4.74 Å². The van der Waals surface area contributed by atoms with Gasteiger partial charge in [0.1, 0.15) is 24.7 Å². The molecule has 162 valence electrons. The zero-order valence-electron chi connectivity index (χ0n) is 16.8. The van der Waals surface area contributed by atoms with Crippen LogP contribution >= 0.6 is 34.5 Å². The minimum atomic E-state index is -0.472. The lowest BCUT2D eigenvalue weighted by atomic mass is 10.2. The number of esters is 1. The summed E-state index contributed by atoms with van der Waals surface area (Å²) in [4.78, 5) is 13.2. The minimum absolute atomic E-state index is 0.0865. The summed E-state index contributed by atoms with van der Waals surface area (Å²) in [6, 6.07) is 18.7. The van der Waals surface area contributed by atoms with Gasteiger partial charge in [-0.1, -0.05) is 47.5 Å². The lowest BCUT2D eigenvalue weighted by molar-refractivity contribution is -0.138. The standard InChI is InChI=1S/C24H18Cl2N2O3S/c25-18-9-10-21(20(26)15-18)30-12-13-31-23(29)11-8-17-16-28(19-5-2-1-3-6-19)27-24(17)22-7-4-14-32-22/h1-11,14-16H,12-13H2. The fraction of sp³-hybridized carbons (Fsp3) is 0.0833. The van der Waals surface area contributed by atoms with E-state index in [-0.39, 0.29) is 13.2 Å². The van der Waals surface area contributed by atoms with Crippen molar-refractivity contribution < 1.29 is 14.3 Å². The molecule has 0 aliphatic heterocycles. The number of benzene rings is 2. The number of nitrogens with zero attached hydrogens (tertiary/aromatic N) is 2. The lowest BCUT2D eigenvalue weighted by Crippen LogP contribution is -2.10. The second kappa shape index (κ2) is 10.5. The number of aromatic nitrogens is 2. The summed E-state index contributed by atoms with van der Waals surface area (Å²) in [6.45, 7) is 0.260. The van der Waals surface area contributed by atoms with Crippen molar-refractivity contribution in [1.29, 1.82) is 0 Å². The van der Waals surface area contributed by atoms with E-state index in [0.717, 1.165) is 21.8 Å². The van der Waals surface area contributed by atoms with Crippen molar-refractivity contribution in [3.63, 3.8) is 0 Å². The molecular formula is C24H18Cl2N2O3S. The molecule has 4 aromatic rings. The highest BCUT2D eigenvalue weighted by Gasteiger charge is 2.12. The van der Waals surface area contributed by atoms with Crippen LogP contribution in [0.3, 0.4) is 0 Å². The number of thiophene rings is 1. The molecule has 0 saturated heterocycles. The normalized spacial score (nSPS) is 11.1. The van der Waals surface area contributed by atoms with Gasteiger partial charge < -0.3 is 9.47 Å². The maximum absolute atomic E-state index is 12.2. The highest BCUT2D eigenvalue weighted by molar-refractivity contribution is 7.13. The van der Waals surface area contributed by atoms with E-state index in [0.29, 0.717) is 15.8 Å². The number of ether oxygens (including phenoxy) is 2.